The number of imidazole rings is 1. The molecule has 8 heteroatoms. The summed E-state index contributed by atoms with van der Waals surface area (Å²) < 4.78 is 26.4. The van der Waals surface area contributed by atoms with Gasteiger partial charge >= 0.3 is 0 Å². The van der Waals surface area contributed by atoms with Crippen molar-refractivity contribution in [2.45, 2.75) is 17.9 Å². The maximum atomic E-state index is 11.9. The number of thiophene rings is 1. The van der Waals surface area contributed by atoms with Gasteiger partial charge in [-0.05, 0) is 6.07 Å². The van der Waals surface area contributed by atoms with Gasteiger partial charge in [-0.1, -0.05) is 0 Å². The van der Waals surface area contributed by atoms with Gasteiger partial charge in [0.1, 0.15) is 5.82 Å². The average Bonchev–Trinajstić information content (AvgIpc) is 2.99. The largest absolute Gasteiger partial charge is 0.349 e. The van der Waals surface area contributed by atoms with Gasteiger partial charge in [0.15, 0.2) is 0 Å². The fraction of sp³-hybridized carbons (Fsp3) is 0.300. The minimum absolute atomic E-state index is 0.271. The minimum Gasteiger partial charge on any atom is -0.349 e. The Balaban J connectivity index is 1.95. The molecule has 18 heavy (non-hydrogen) atoms. The third-order valence-electron chi connectivity index (χ3n) is 2.35. The Kier molecular flexibility index (Phi) is 4.12. The van der Waals surface area contributed by atoms with Crippen LogP contribution in [-0.4, -0.2) is 24.9 Å². The van der Waals surface area contributed by atoms with Crippen LogP contribution in [0.15, 0.2) is 28.7 Å². The van der Waals surface area contributed by atoms with E-state index in [2.05, 4.69) is 14.7 Å². The van der Waals surface area contributed by atoms with E-state index in [0.717, 1.165) is 10.7 Å². The number of H-pyrrole nitrogens is 1. The van der Waals surface area contributed by atoms with Crippen LogP contribution in [0.5, 0.6) is 0 Å². The zero-order valence-corrected chi connectivity index (χ0v) is 11.2. The number of hydrogen-bond donors (Lipinski definition) is 3. The molecule has 0 aliphatic heterocycles. The van der Waals surface area contributed by atoms with Crippen molar-refractivity contribution in [3.05, 3.63) is 34.5 Å². The molecule has 0 fully saturated rings. The standard InChI is InChI=1S/C10H14N4O2S2/c11-6-8-5-9(7-17-8)18(15,16)14-2-1-10-12-3-4-13-10/h3-5,7,14H,1-2,6,11H2,(H,12,13). The van der Waals surface area contributed by atoms with Crippen LogP contribution in [0, 0.1) is 0 Å². The molecule has 0 amide bonds. The highest BCUT2D eigenvalue weighted by Crippen LogP contribution is 2.18. The van der Waals surface area contributed by atoms with E-state index in [1.807, 2.05) is 0 Å². The number of nitrogens with two attached hydrogens (primary N) is 1. The summed E-state index contributed by atoms with van der Waals surface area (Å²) in [4.78, 5) is 8.06. The van der Waals surface area contributed by atoms with Crippen LogP contribution in [-0.2, 0) is 23.0 Å². The van der Waals surface area contributed by atoms with Gasteiger partial charge in [-0.3, -0.25) is 0 Å². The summed E-state index contributed by atoms with van der Waals surface area (Å²) in [5.41, 5.74) is 5.45. The first kappa shape index (κ1) is 13.2. The highest BCUT2D eigenvalue weighted by atomic mass is 32.2. The van der Waals surface area contributed by atoms with Crippen LogP contribution < -0.4 is 10.5 Å². The van der Waals surface area contributed by atoms with E-state index in [-0.39, 0.29) is 4.90 Å². The quantitative estimate of drug-likeness (QED) is 0.717. The third kappa shape index (κ3) is 3.16. The lowest BCUT2D eigenvalue weighted by Gasteiger charge is -2.03. The minimum atomic E-state index is -3.44. The first-order valence-corrected chi connectivity index (χ1v) is 7.73. The van der Waals surface area contributed by atoms with Crippen molar-refractivity contribution in [1.82, 2.24) is 14.7 Å². The van der Waals surface area contributed by atoms with Gasteiger partial charge in [-0.15, -0.1) is 11.3 Å². The van der Waals surface area contributed by atoms with Gasteiger partial charge in [-0.2, -0.15) is 0 Å². The molecular weight excluding hydrogens is 272 g/mol. The normalized spacial score (nSPS) is 11.8. The topological polar surface area (TPSA) is 101 Å². The summed E-state index contributed by atoms with van der Waals surface area (Å²) in [6.07, 6.45) is 3.87. The van der Waals surface area contributed by atoms with Crippen LogP contribution in [0.1, 0.15) is 10.7 Å². The Morgan fingerprint density at radius 2 is 2.33 bits per heavy atom. The highest BCUT2D eigenvalue weighted by Gasteiger charge is 2.15. The molecule has 0 saturated carbocycles. The van der Waals surface area contributed by atoms with Crippen molar-refractivity contribution in [2.24, 2.45) is 5.73 Å². The SMILES string of the molecule is NCc1cc(S(=O)(=O)NCCc2ncc[nH]2)cs1. The molecule has 0 atom stereocenters. The number of nitrogens with zero attached hydrogens (tertiary/aromatic N) is 1. The van der Waals surface area contributed by atoms with Crippen LogP contribution in [0.25, 0.3) is 0 Å². The maximum Gasteiger partial charge on any atom is 0.241 e. The first-order valence-electron chi connectivity index (χ1n) is 5.37. The van der Waals surface area contributed by atoms with Crippen molar-refractivity contribution in [1.29, 1.82) is 0 Å². The molecule has 0 aromatic carbocycles. The van der Waals surface area contributed by atoms with E-state index in [1.54, 1.807) is 23.8 Å². The Morgan fingerprint density at radius 1 is 1.50 bits per heavy atom. The van der Waals surface area contributed by atoms with Gasteiger partial charge in [0, 0.05) is 42.2 Å². The lowest BCUT2D eigenvalue weighted by Crippen LogP contribution is -2.25. The zero-order chi connectivity index (χ0) is 13.0. The fourth-order valence-electron chi connectivity index (χ4n) is 1.43. The second-order valence-electron chi connectivity index (χ2n) is 3.64. The number of aromatic nitrogens is 2. The smallest absolute Gasteiger partial charge is 0.241 e. The molecule has 0 aliphatic carbocycles. The average molecular weight is 286 g/mol. The first-order chi connectivity index (χ1) is 8.62. The van der Waals surface area contributed by atoms with Crippen LogP contribution in [0.3, 0.4) is 0 Å². The molecule has 2 heterocycles. The lowest BCUT2D eigenvalue weighted by molar-refractivity contribution is 0.581. The fourth-order valence-corrected chi connectivity index (χ4v) is 3.62. The number of rotatable bonds is 6. The number of nitrogens with one attached hydrogen (secondary N) is 2. The van der Waals surface area contributed by atoms with E-state index in [1.165, 1.54) is 11.3 Å². The number of sulfonamides is 1. The molecule has 4 N–H and O–H groups in total. The highest BCUT2D eigenvalue weighted by molar-refractivity contribution is 7.89. The molecule has 2 aromatic heterocycles. The summed E-state index contributed by atoms with van der Waals surface area (Å²) in [7, 11) is -3.44. The molecule has 0 aliphatic rings. The van der Waals surface area contributed by atoms with Crippen LogP contribution in [0.4, 0.5) is 0 Å². The molecule has 98 valence electrons. The van der Waals surface area contributed by atoms with Gasteiger partial charge < -0.3 is 10.7 Å². The molecule has 0 saturated heterocycles. The van der Waals surface area contributed by atoms with Gasteiger partial charge in [0.05, 0.1) is 4.90 Å². The molecule has 2 rings (SSSR count). The molecule has 6 nitrogen and oxygen atoms in total. The lowest BCUT2D eigenvalue weighted by atomic mass is 10.4. The summed E-state index contributed by atoms with van der Waals surface area (Å²) in [5.74, 6) is 0.755. The summed E-state index contributed by atoms with van der Waals surface area (Å²) in [5, 5.41) is 1.59. The van der Waals surface area contributed by atoms with Crippen molar-refractivity contribution in [2.75, 3.05) is 6.54 Å². The van der Waals surface area contributed by atoms with Crippen molar-refractivity contribution in [3.63, 3.8) is 0 Å². The third-order valence-corrected chi connectivity index (χ3v) is 4.90. The van der Waals surface area contributed by atoms with Crippen molar-refractivity contribution < 1.29 is 8.42 Å². The van der Waals surface area contributed by atoms with Crippen molar-refractivity contribution >= 4 is 21.4 Å². The monoisotopic (exact) mass is 286 g/mol. The van der Waals surface area contributed by atoms with E-state index in [4.69, 9.17) is 5.73 Å². The molecule has 0 unspecified atom stereocenters. The summed E-state index contributed by atoms with van der Waals surface area (Å²) in [6.45, 7) is 0.663. The summed E-state index contributed by atoms with van der Waals surface area (Å²) >= 11 is 1.34. The van der Waals surface area contributed by atoms with Crippen LogP contribution in [0.2, 0.25) is 0 Å². The molecule has 0 radical (unpaired) electrons. The zero-order valence-electron chi connectivity index (χ0n) is 9.59. The Morgan fingerprint density at radius 3 is 2.94 bits per heavy atom. The maximum absolute atomic E-state index is 11.9. The second-order valence-corrected chi connectivity index (χ2v) is 6.40. The molecule has 0 bridgehead atoms. The Hall–Kier alpha value is -1.22. The number of aromatic amines is 1. The Bertz CT molecular complexity index is 589. The van der Waals surface area contributed by atoms with Gasteiger partial charge in [0.25, 0.3) is 0 Å². The molecule has 0 spiro atoms. The predicted molar refractivity (Wildman–Crippen MR) is 69.7 cm³/mol. The Labute approximate surface area is 109 Å². The summed E-state index contributed by atoms with van der Waals surface area (Å²) in [6, 6.07) is 1.60. The van der Waals surface area contributed by atoms with Crippen LogP contribution >= 0.6 is 11.3 Å². The molecular formula is C10H14N4O2S2. The van der Waals surface area contributed by atoms with Crippen molar-refractivity contribution in [3.8, 4) is 0 Å². The van der Waals surface area contributed by atoms with Gasteiger partial charge in [0.2, 0.25) is 10.0 Å². The van der Waals surface area contributed by atoms with E-state index in [9.17, 15) is 8.42 Å². The number of hydrogen-bond acceptors (Lipinski definition) is 5. The molecule has 2 aromatic rings. The van der Waals surface area contributed by atoms with E-state index < -0.39 is 10.0 Å². The van der Waals surface area contributed by atoms with E-state index >= 15 is 0 Å². The van der Waals surface area contributed by atoms with E-state index in [0.29, 0.717) is 19.5 Å². The second kappa shape index (κ2) is 5.61. The van der Waals surface area contributed by atoms with Gasteiger partial charge in [-0.25, -0.2) is 18.1 Å². The predicted octanol–water partition coefficient (Wildman–Crippen LogP) is 0.451.